The molecule has 4 heteroatoms. The van der Waals surface area contributed by atoms with E-state index in [-0.39, 0.29) is 11.5 Å². The Morgan fingerprint density at radius 3 is 2.44 bits per heavy atom. The van der Waals surface area contributed by atoms with Crippen LogP contribution in [0, 0.1) is 23.4 Å². The predicted octanol–water partition coefficient (Wildman–Crippen LogP) is 3.72. The molecule has 1 nitrogen and oxygen atoms in total. The van der Waals surface area contributed by atoms with Crippen molar-refractivity contribution in [3.63, 3.8) is 0 Å². The molecule has 1 aromatic carbocycles. The summed E-state index contributed by atoms with van der Waals surface area (Å²) >= 11 is 0. The molecule has 0 heterocycles. The second-order valence-electron chi connectivity index (χ2n) is 3.78. The molecule has 0 aromatic heterocycles. The molecule has 0 N–H and O–H groups in total. The van der Waals surface area contributed by atoms with E-state index >= 15 is 0 Å². The molecule has 0 aliphatic rings. The van der Waals surface area contributed by atoms with Crippen LogP contribution in [0.4, 0.5) is 13.2 Å². The van der Waals surface area contributed by atoms with Gasteiger partial charge >= 0.3 is 0 Å². The first-order chi connectivity index (χ1) is 7.49. The highest BCUT2D eigenvalue weighted by molar-refractivity contribution is 5.97. The van der Waals surface area contributed by atoms with Crippen molar-refractivity contribution in [2.45, 2.75) is 26.7 Å². The van der Waals surface area contributed by atoms with Crippen LogP contribution in [0.15, 0.2) is 12.1 Å². The van der Waals surface area contributed by atoms with Gasteiger partial charge in [0.1, 0.15) is 0 Å². The van der Waals surface area contributed by atoms with Crippen molar-refractivity contribution >= 4 is 5.78 Å². The Kier molecular flexibility index (Phi) is 4.10. The Balaban J connectivity index is 3.05. The van der Waals surface area contributed by atoms with Crippen molar-refractivity contribution in [2.75, 3.05) is 0 Å². The minimum absolute atomic E-state index is 0.375. The fourth-order valence-electron chi connectivity index (χ4n) is 1.55. The van der Waals surface area contributed by atoms with E-state index in [2.05, 4.69) is 0 Å². The van der Waals surface area contributed by atoms with Crippen molar-refractivity contribution in [3.8, 4) is 0 Å². The van der Waals surface area contributed by atoms with Gasteiger partial charge in [-0.3, -0.25) is 4.79 Å². The van der Waals surface area contributed by atoms with Crippen molar-refractivity contribution in [2.24, 2.45) is 5.92 Å². The van der Waals surface area contributed by atoms with E-state index in [4.69, 9.17) is 0 Å². The topological polar surface area (TPSA) is 17.1 Å². The lowest BCUT2D eigenvalue weighted by atomic mass is 9.95. The van der Waals surface area contributed by atoms with E-state index < -0.39 is 23.2 Å². The molecule has 1 aromatic rings. The molecule has 16 heavy (non-hydrogen) atoms. The lowest BCUT2D eigenvalue weighted by Crippen LogP contribution is -2.14. The molecule has 0 bridgehead atoms. The number of rotatable bonds is 4. The first kappa shape index (κ1) is 12.7. The number of benzene rings is 1. The van der Waals surface area contributed by atoms with Crippen LogP contribution in [-0.4, -0.2) is 5.78 Å². The standard InChI is InChI=1S/C12H13F3O/c1-3-4-7(2)12(16)8-5-6-9(13)11(15)10(8)14/h5-7H,3-4H2,1-2H3. The summed E-state index contributed by atoms with van der Waals surface area (Å²) in [7, 11) is 0. The molecule has 0 radical (unpaired) electrons. The summed E-state index contributed by atoms with van der Waals surface area (Å²) in [6.45, 7) is 3.54. The molecule has 0 amide bonds. The van der Waals surface area contributed by atoms with Gasteiger partial charge in [-0.05, 0) is 18.6 Å². The van der Waals surface area contributed by atoms with Crippen LogP contribution in [0.5, 0.6) is 0 Å². The highest BCUT2D eigenvalue weighted by Crippen LogP contribution is 2.20. The smallest absolute Gasteiger partial charge is 0.195 e. The minimum Gasteiger partial charge on any atom is -0.294 e. The third-order valence-corrected chi connectivity index (χ3v) is 2.47. The van der Waals surface area contributed by atoms with Gasteiger partial charge in [0.05, 0.1) is 5.56 Å². The molecule has 88 valence electrons. The van der Waals surface area contributed by atoms with Crippen LogP contribution in [-0.2, 0) is 0 Å². The van der Waals surface area contributed by atoms with E-state index in [0.29, 0.717) is 6.42 Å². The Morgan fingerprint density at radius 2 is 1.88 bits per heavy atom. The third-order valence-electron chi connectivity index (χ3n) is 2.47. The Morgan fingerprint density at radius 1 is 1.25 bits per heavy atom. The van der Waals surface area contributed by atoms with E-state index in [0.717, 1.165) is 18.6 Å². The van der Waals surface area contributed by atoms with Crippen LogP contribution >= 0.6 is 0 Å². The Bertz CT molecular complexity index is 401. The van der Waals surface area contributed by atoms with Crippen LogP contribution in [0.2, 0.25) is 0 Å². The van der Waals surface area contributed by atoms with Gasteiger partial charge in [-0.15, -0.1) is 0 Å². The van der Waals surface area contributed by atoms with Gasteiger partial charge in [-0.25, -0.2) is 13.2 Å². The lowest BCUT2D eigenvalue weighted by molar-refractivity contribution is 0.0918. The molecular weight excluding hydrogens is 217 g/mol. The molecule has 1 atom stereocenters. The largest absolute Gasteiger partial charge is 0.294 e. The zero-order chi connectivity index (χ0) is 12.3. The molecule has 1 unspecified atom stereocenters. The van der Waals surface area contributed by atoms with E-state index in [1.54, 1.807) is 6.92 Å². The second-order valence-corrected chi connectivity index (χ2v) is 3.78. The van der Waals surface area contributed by atoms with E-state index in [1.165, 1.54) is 0 Å². The number of halogens is 3. The maximum absolute atomic E-state index is 13.3. The molecule has 0 saturated heterocycles. The van der Waals surface area contributed by atoms with Crippen LogP contribution in [0.25, 0.3) is 0 Å². The first-order valence-corrected chi connectivity index (χ1v) is 5.16. The molecule has 0 saturated carbocycles. The summed E-state index contributed by atoms with van der Waals surface area (Å²) in [6.07, 6.45) is 1.37. The number of carbonyl (C=O) groups excluding carboxylic acids is 1. The van der Waals surface area contributed by atoms with Crippen LogP contribution in [0.1, 0.15) is 37.0 Å². The fraction of sp³-hybridized carbons (Fsp3) is 0.417. The summed E-state index contributed by atoms with van der Waals surface area (Å²) in [4.78, 5) is 11.7. The van der Waals surface area contributed by atoms with Crippen molar-refractivity contribution in [1.29, 1.82) is 0 Å². The van der Waals surface area contributed by atoms with Crippen LogP contribution in [0.3, 0.4) is 0 Å². The molecule has 0 spiro atoms. The Hall–Kier alpha value is -1.32. The second kappa shape index (κ2) is 5.14. The van der Waals surface area contributed by atoms with Gasteiger partial charge in [0.25, 0.3) is 0 Å². The van der Waals surface area contributed by atoms with Crippen molar-refractivity contribution in [1.82, 2.24) is 0 Å². The minimum atomic E-state index is -1.59. The molecular formula is C12H13F3O. The highest BCUT2D eigenvalue weighted by atomic mass is 19.2. The van der Waals surface area contributed by atoms with Gasteiger partial charge < -0.3 is 0 Å². The summed E-state index contributed by atoms with van der Waals surface area (Å²) in [5.41, 5.74) is -0.375. The SMILES string of the molecule is CCCC(C)C(=O)c1ccc(F)c(F)c1F. The van der Waals surface area contributed by atoms with Gasteiger partial charge in [0.2, 0.25) is 0 Å². The average Bonchev–Trinajstić information content (AvgIpc) is 2.26. The zero-order valence-corrected chi connectivity index (χ0v) is 9.19. The van der Waals surface area contributed by atoms with E-state index in [1.807, 2.05) is 6.92 Å². The summed E-state index contributed by atoms with van der Waals surface area (Å²) < 4.78 is 38.8. The quantitative estimate of drug-likeness (QED) is 0.569. The van der Waals surface area contributed by atoms with Gasteiger partial charge in [0.15, 0.2) is 23.2 Å². The van der Waals surface area contributed by atoms with Gasteiger partial charge in [-0.1, -0.05) is 20.3 Å². The van der Waals surface area contributed by atoms with Crippen LogP contribution < -0.4 is 0 Å². The molecule has 0 aliphatic heterocycles. The van der Waals surface area contributed by atoms with Gasteiger partial charge in [0, 0.05) is 5.92 Å². The number of Topliss-reactive ketones (excluding diaryl/α,β-unsaturated/α-hetero) is 1. The number of hydrogen-bond acceptors (Lipinski definition) is 1. The molecule has 1 rings (SSSR count). The fourth-order valence-corrected chi connectivity index (χ4v) is 1.55. The predicted molar refractivity (Wildman–Crippen MR) is 54.7 cm³/mol. The first-order valence-electron chi connectivity index (χ1n) is 5.16. The maximum Gasteiger partial charge on any atom is 0.195 e. The summed E-state index contributed by atoms with van der Waals surface area (Å²) in [5.74, 6) is -5.14. The molecule has 0 fully saturated rings. The number of ketones is 1. The zero-order valence-electron chi connectivity index (χ0n) is 9.19. The normalized spacial score (nSPS) is 12.6. The number of hydrogen-bond donors (Lipinski definition) is 0. The summed E-state index contributed by atoms with van der Waals surface area (Å²) in [6, 6.07) is 1.76. The summed E-state index contributed by atoms with van der Waals surface area (Å²) in [5, 5.41) is 0. The third kappa shape index (κ3) is 2.43. The molecule has 0 aliphatic carbocycles. The van der Waals surface area contributed by atoms with Crippen molar-refractivity contribution < 1.29 is 18.0 Å². The number of carbonyl (C=O) groups is 1. The Labute approximate surface area is 92.3 Å². The lowest BCUT2D eigenvalue weighted by Gasteiger charge is -2.10. The van der Waals surface area contributed by atoms with Gasteiger partial charge in [-0.2, -0.15) is 0 Å². The monoisotopic (exact) mass is 230 g/mol. The average molecular weight is 230 g/mol. The van der Waals surface area contributed by atoms with E-state index in [9.17, 15) is 18.0 Å². The van der Waals surface area contributed by atoms with Crippen molar-refractivity contribution in [3.05, 3.63) is 35.1 Å². The highest BCUT2D eigenvalue weighted by Gasteiger charge is 2.22. The maximum atomic E-state index is 13.3.